The van der Waals surface area contributed by atoms with Gasteiger partial charge in [0.25, 0.3) is 17.4 Å². The number of carbonyl (C=O) groups is 3. The maximum atomic E-state index is 15.1. The molecule has 3 atom stereocenters. The van der Waals surface area contributed by atoms with Crippen molar-refractivity contribution in [1.29, 1.82) is 0 Å². The molecule has 0 radical (unpaired) electrons. The zero-order valence-electron chi connectivity index (χ0n) is 22.5. The molecular formula is C30H29ClFN5O4. The van der Waals surface area contributed by atoms with Gasteiger partial charge in [-0.25, -0.2) is 4.39 Å². The summed E-state index contributed by atoms with van der Waals surface area (Å²) in [6, 6.07) is 12.5. The number of aromatic amines is 1. The Hall–Kier alpha value is -4.44. The van der Waals surface area contributed by atoms with Gasteiger partial charge in [0.2, 0.25) is 5.91 Å². The minimum atomic E-state index is -0.800. The van der Waals surface area contributed by atoms with Gasteiger partial charge in [-0.05, 0) is 55.7 Å². The fourth-order valence-electron chi connectivity index (χ4n) is 5.30. The molecule has 11 heteroatoms. The van der Waals surface area contributed by atoms with E-state index >= 15 is 4.39 Å². The number of carbonyl (C=O) groups excluding carboxylic acids is 3. The molecule has 0 bridgehead atoms. The average Bonchev–Trinajstić information content (AvgIpc) is 3.33. The van der Waals surface area contributed by atoms with Crippen LogP contribution in [0.1, 0.15) is 40.0 Å². The van der Waals surface area contributed by atoms with E-state index in [-0.39, 0.29) is 41.0 Å². The minimum Gasteiger partial charge on any atom is -0.360 e. The molecule has 0 unspecified atom stereocenters. The van der Waals surface area contributed by atoms with Gasteiger partial charge in [-0.3, -0.25) is 23.7 Å². The molecule has 4 aromatic rings. The second-order valence-corrected chi connectivity index (χ2v) is 10.8. The maximum Gasteiger partial charge on any atom is 0.255 e. The van der Waals surface area contributed by atoms with Crippen LogP contribution in [0.25, 0.3) is 16.6 Å². The van der Waals surface area contributed by atoms with Crippen molar-refractivity contribution in [1.82, 2.24) is 25.1 Å². The number of aromatic nitrogens is 2. The minimum absolute atomic E-state index is 0.0769. The summed E-state index contributed by atoms with van der Waals surface area (Å²) in [5.41, 5.74) is 0.859. The Bertz CT molecular complexity index is 1700. The van der Waals surface area contributed by atoms with Gasteiger partial charge < -0.3 is 20.5 Å². The number of nitrogens with zero attached hydrogens (tertiary/aromatic N) is 2. The molecule has 2 aromatic heterocycles. The summed E-state index contributed by atoms with van der Waals surface area (Å²) < 4.78 is 16.4. The van der Waals surface area contributed by atoms with Gasteiger partial charge in [-0.2, -0.15) is 0 Å². The van der Waals surface area contributed by atoms with Crippen LogP contribution in [0.5, 0.6) is 0 Å². The third kappa shape index (κ3) is 5.88. The molecule has 1 saturated carbocycles. The Morgan fingerprint density at radius 2 is 1.78 bits per heavy atom. The monoisotopic (exact) mass is 577 g/mol. The number of halogens is 2. The number of hydrogen-bond donors (Lipinski definition) is 3. The standard InChI is InChI=1S/C30H29ClFN5O4/c1-36(2)30(41)18-7-11-24(34-28(39)17-6-9-20-22(31)16-33-25(20)13-17)26(14-18)35-29(40)21-10-8-19(15-23(21)32)37-12-4-3-5-27(37)38/h3-6,8-10,12-13,15-16,18,24,26,33H,7,11,14H2,1-2H3,(H,34,39)(H,35,40)/t18-,24-,26+/m1/s1. The SMILES string of the molecule is CN(C)C(=O)[C@@H]1CC[C@@H](NC(=O)c2ccc3c(Cl)c[nH]c3c2)[C@@H](NC(=O)c2ccc(-n3ccccc3=O)cc2F)C1. The van der Waals surface area contributed by atoms with Gasteiger partial charge >= 0.3 is 0 Å². The van der Waals surface area contributed by atoms with Gasteiger partial charge in [0.15, 0.2) is 0 Å². The lowest BCUT2D eigenvalue weighted by atomic mass is 9.81. The fourth-order valence-corrected chi connectivity index (χ4v) is 5.52. The van der Waals surface area contributed by atoms with Crippen molar-refractivity contribution in [3.05, 3.63) is 99.3 Å². The van der Waals surface area contributed by atoms with Crippen LogP contribution in [0.3, 0.4) is 0 Å². The predicted octanol–water partition coefficient (Wildman–Crippen LogP) is 3.90. The van der Waals surface area contributed by atoms with Gasteiger partial charge in [-0.15, -0.1) is 0 Å². The maximum absolute atomic E-state index is 15.1. The summed E-state index contributed by atoms with van der Waals surface area (Å²) in [6.45, 7) is 0. The normalized spacial score (nSPS) is 18.6. The van der Waals surface area contributed by atoms with E-state index in [1.807, 2.05) is 0 Å². The molecule has 3 amide bonds. The van der Waals surface area contributed by atoms with E-state index in [2.05, 4.69) is 15.6 Å². The molecule has 2 aromatic carbocycles. The van der Waals surface area contributed by atoms with Crippen molar-refractivity contribution in [2.24, 2.45) is 5.92 Å². The lowest BCUT2D eigenvalue weighted by Gasteiger charge is -2.37. The highest BCUT2D eigenvalue weighted by atomic mass is 35.5. The Morgan fingerprint density at radius 1 is 1.00 bits per heavy atom. The highest BCUT2D eigenvalue weighted by Gasteiger charge is 2.36. The van der Waals surface area contributed by atoms with E-state index in [4.69, 9.17) is 11.6 Å². The number of rotatable bonds is 6. The van der Waals surface area contributed by atoms with Crippen molar-refractivity contribution < 1.29 is 18.8 Å². The summed E-state index contributed by atoms with van der Waals surface area (Å²) in [6.07, 6.45) is 4.39. The van der Waals surface area contributed by atoms with Crippen LogP contribution >= 0.6 is 11.6 Å². The number of nitrogens with one attached hydrogen (secondary N) is 3. The Kier molecular flexibility index (Phi) is 7.94. The van der Waals surface area contributed by atoms with E-state index < -0.39 is 23.8 Å². The Labute approximate surface area is 240 Å². The van der Waals surface area contributed by atoms with Crippen LogP contribution in [0.2, 0.25) is 5.02 Å². The third-order valence-corrected chi connectivity index (χ3v) is 7.78. The number of H-pyrrole nitrogens is 1. The smallest absolute Gasteiger partial charge is 0.255 e. The molecule has 2 heterocycles. The van der Waals surface area contributed by atoms with Crippen LogP contribution in [0.15, 0.2) is 71.8 Å². The fraction of sp³-hybridized carbons (Fsp3) is 0.267. The molecular weight excluding hydrogens is 549 g/mol. The first-order chi connectivity index (χ1) is 19.6. The van der Waals surface area contributed by atoms with Crippen LogP contribution in [-0.4, -0.2) is 58.4 Å². The largest absolute Gasteiger partial charge is 0.360 e. The van der Waals surface area contributed by atoms with Crippen molar-refractivity contribution in [3.63, 3.8) is 0 Å². The summed E-state index contributed by atoms with van der Waals surface area (Å²) in [5.74, 6) is -2.27. The summed E-state index contributed by atoms with van der Waals surface area (Å²) in [5, 5.41) is 7.19. The third-order valence-electron chi connectivity index (χ3n) is 7.46. The number of amides is 3. The van der Waals surface area contributed by atoms with E-state index in [9.17, 15) is 19.2 Å². The Balaban J connectivity index is 1.36. The average molecular weight is 578 g/mol. The van der Waals surface area contributed by atoms with E-state index in [0.717, 1.165) is 11.5 Å². The van der Waals surface area contributed by atoms with Crippen molar-refractivity contribution in [3.8, 4) is 5.69 Å². The lowest BCUT2D eigenvalue weighted by Crippen LogP contribution is -2.56. The van der Waals surface area contributed by atoms with Crippen molar-refractivity contribution >= 4 is 40.2 Å². The highest BCUT2D eigenvalue weighted by Crippen LogP contribution is 2.28. The van der Waals surface area contributed by atoms with Gasteiger partial charge in [0.05, 0.1) is 22.3 Å². The van der Waals surface area contributed by atoms with Gasteiger partial charge in [-0.1, -0.05) is 23.7 Å². The number of pyridine rings is 1. The van der Waals surface area contributed by atoms with Crippen LogP contribution in [0.4, 0.5) is 4.39 Å². The number of benzene rings is 2. The second-order valence-electron chi connectivity index (χ2n) is 10.4. The molecule has 1 fully saturated rings. The predicted molar refractivity (Wildman–Crippen MR) is 154 cm³/mol. The van der Waals surface area contributed by atoms with Crippen LogP contribution in [0, 0.1) is 11.7 Å². The quantitative estimate of drug-likeness (QED) is 0.322. The van der Waals surface area contributed by atoms with E-state index in [0.29, 0.717) is 28.9 Å². The molecule has 5 rings (SSSR count). The lowest BCUT2D eigenvalue weighted by molar-refractivity contribution is -0.134. The zero-order chi connectivity index (χ0) is 29.3. The number of hydrogen-bond acceptors (Lipinski definition) is 4. The second kappa shape index (κ2) is 11.6. The number of fused-ring (bicyclic) bond motifs is 1. The molecule has 1 aliphatic carbocycles. The first-order valence-electron chi connectivity index (χ1n) is 13.2. The molecule has 0 aliphatic heterocycles. The molecule has 9 nitrogen and oxygen atoms in total. The van der Waals surface area contributed by atoms with Crippen LogP contribution < -0.4 is 16.2 Å². The van der Waals surface area contributed by atoms with Crippen molar-refractivity contribution in [2.45, 2.75) is 31.3 Å². The molecule has 3 N–H and O–H groups in total. The first kappa shape index (κ1) is 28.1. The summed E-state index contributed by atoms with van der Waals surface area (Å²) >= 11 is 6.15. The van der Waals surface area contributed by atoms with Crippen molar-refractivity contribution in [2.75, 3.05) is 14.1 Å². The summed E-state index contributed by atoms with van der Waals surface area (Å²) in [4.78, 5) is 55.9. The van der Waals surface area contributed by atoms with Gasteiger partial charge in [0, 0.05) is 61.0 Å². The Morgan fingerprint density at radius 3 is 2.51 bits per heavy atom. The van der Waals surface area contributed by atoms with Crippen LogP contribution in [-0.2, 0) is 4.79 Å². The zero-order valence-corrected chi connectivity index (χ0v) is 23.2. The highest BCUT2D eigenvalue weighted by molar-refractivity contribution is 6.35. The molecule has 1 aliphatic rings. The summed E-state index contributed by atoms with van der Waals surface area (Å²) in [7, 11) is 3.34. The molecule has 0 spiro atoms. The molecule has 41 heavy (non-hydrogen) atoms. The molecule has 0 saturated heterocycles. The molecule has 212 valence electrons. The van der Waals surface area contributed by atoms with E-state index in [1.54, 1.807) is 50.6 Å². The topological polar surface area (TPSA) is 116 Å². The van der Waals surface area contributed by atoms with Gasteiger partial charge in [0.1, 0.15) is 5.82 Å². The van der Waals surface area contributed by atoms with E-state index in [1.165, 1.54) is 33.9 Å². The first-order valence-corrected chi connectivity index (χ1v) is 13.6.